The molecule has 11 nitrogen and oxygen atoms in total. The third-order valence-electron chi connectivity index (χ3n) is 8.61. The van der Waals surface area contributed by atoms with E-state index in [1.54, 1.807) is 4.90 Å². The standard InChI is InChI=1S/C29H32N8O3/c1-34(2)13-21-22(36-14-25(38)35(3)26(39)15-36)6-7-24(33-21)32-20-5-4-17(19-11-30-28(40)27(19)20)18-12-31-37-16-29(8-9-29)10-23(18)37/h4-7,12H,8-11,13-16H2,1-3H3,(H,30,40)(H,32,33). The number of nitrogens with one attached hydrogen (secondary N) is 2. The molecule has 1 aromatic carbocycles. The highest BCUT2D eigenvalue weighted by Crippen LogP contribution is 2.54. The molecule has 3 amide bonds. The molecule has 1 saturated heterocycles. The van der Waals surface area contributed by atoms with Crippen molar-refractivity contribution in [3.05, 3.63) is 53.0 Å². The Bertz CT molecular complexity index is 1570. The molecule has 4 aliphatic rings. The van der Waals surface area contributed by atoms with Crippen LogP contribution in [0.3, 0.4) is 0 Å². The van der Waals surface area contributed by atoms with E-state index in [9.17, 15) is 14.4 Å². The van der Waals surface area contributed by atoms with Crippen LogP contribution in [0.25, 0.3) is 11.1 Å². The molecule has 1 spiro atoms. The first-order valence-corrected chi connectivity index (χ1v) is 13.7. The van der Waals surface area contributed by atoms with Gasteiger partial charge in [0.05, 0.1) is 41.9 Å². The fourth-order valence-electron chi connectivity index (χ4n) is 6.21. The number of carbonyl (C=O) groups excluding carboxylic acids is 3. The van der Waals surface area contributed by atoms with E-state index in [2.05, 4.69) is 26.5 Å². The summed E-state index contributed by atoms with van der Waals surface area (Å²) in [6, 6.07) is 7.74. The van der Waals surface area contributed by atoms with Crippen LogP contribution in [0.15, 0.2) is 30.5 Å². The number of benzene rings is 1. The number of nitrogens with zero attached hydrogens (tertiary/aromatic N) is 6. The number of imide groups is 1. The largest absolute Gasteiger partial charge is 0.351 e. The van der Waals surface area contributed by atoms with E-state index in [1.807, 2.05) is 43.4 Å². The average molecular weight is 541 g/mol. The lowest BCUT2D eigenvalue weighted by atomic mass is 9.93. The number of anilines is 3. The van der Waals surface area contributed by atoms with Crippen LogP contribution in [0.5, 0.6) is 0 Å². The summed E-state index contributed by atoms with van der Waals surface area (Å²) in [7, 11) is 5.40. The van der Waals surface area contributed by atoms with Crippen molar-refractivity contribution in [3.8, 4) is 11.1 Å². The highest BCUT2D eigenvalue weighted by molar-refractivity contribution is 6.06. The Morgan fingerprint density at radius 3 is 2.55 bits per heavy atom. The number of hydrogen-bond donors (Lipinski definition) is 2. The van der Waals surface area contributed by atoms with E-state index >= 15 is 0 Å². The van der Waals surface area contributed by atoms with E-state index < -0.39 is 0 Å². The second-order valence-corrected chi connectivity index (χ2v) is 11.8. The van der Waals surface area contributed by atoms with E-state index in [-0.39, 0.29) is 30.8 Å². The Morgan fingerprint density at radius 2 is 1.82 bits per heavy atom. The van der Waals surface area contributed by atoms with Crippen molar-refractivity contribution in [1.29, 1.82) is 0 Å². The maximum Gasteiger partial charge on any atom is 0.254 e. The molecule has 0 radical (unpaired) electrons. The van der Waals surface area contributed by atoms with Gasteiger partial charge in [-0.3, -0.25) is 24.0 Å². The summed E-state index contributed by atoms with van der Waals surface area (Å²) in [6.45, 7) is 2.22. The van der Waals surface area contributed by atoms with Gasteiger partial charge in [0.2, 0.25) is 11.8 Å². The van der Waals surface area contributed by atoms with Crippen LogP contribution in [-0.2, 0) is 35.6 Å². The fraction of sp³-hybridized carbons (Fsp3) is 0.414. The summed E-state index contributed by atoms with van der Waals surface area (Å²) in [4.78, 5) is 47.5. The molecule has 40 heavy (non-hydrogen) atoms. The summed E-state index contributed by atoms with van der Waals surface area (Å²) in [5, 5.41) is 11.1. The van der Waals surface area contributed by atoms with Gasteiger partial charge in [-0.05, 0) is 68.1 Å². The Morgan fingerprint density at radius 1 is 1.05 bits per heavy atom. The Hall–Kier alpha value is -4.25. The van der Waals surface area contributed by atoms with Gasteiger partial charge in [0, 0.05) is 37.9 Å². The van der Waals surface area contributed by atoms with Crippen molar-refractivity contribution in [1.82, 2.24) is 29.9 Å². The third kappa shape index (κ3) is 4.03. The monoisotopic (exact) mass is 540 g/mol. The van der Waals surface area contributed by atoms with Crippen molar-refractivity contribution in [2.75, 3.05) is 44.4 Å². The highest BCUT2D eigenvalue weighted by atomic mass is 16.2. The van der Waals surface area contributed by atoms with Gasteiger partial charge in [-0.15, -0.1) is 0 Å². The molecule has 2 fully saturated rings. The second kappa shape index (κ2) is 8.88. The minimum Gasteiger partial charge on any atom is -0.351 e. The van der Waals surface area contributed by atoms with Gasteiger partial charge >= 0.3 is 0 Å². The van der Waals surface area contributed by atoms with Crippen LogP contribution in [0.4, 0.5) is 17.2 Å². The van der Waals surface area contributed by atoms with E-state index in [0.717, 1.165) is 41.0 Å². The maximum absolute atomic E-state index is 13.0. The first-order valence-electron chi connectivity index (χ1n) is 13.7. The van der Waals surface area contributed by atoms with Gasteiger partial charge in [-0.1, -0.05) is 6.07 Å². The molecule has 1 saturated carbocycles. The molecule has 11 heteroatoms. The van der Waals surface area contributed by atoms with Gasteiger partial charge in [0.25, 0.3) is 5.91 Å². The molecule has 206 valence electrons. The van der Waals surface area contributed by atoms with Crippen LogP contribution in [0.2, 0.25) is 0 Å². The van der Waals surface area contributed by atoms with Crippen LogP contribution < -0.4 is 15.5 Å². The number of fused-ring (bicyclic) bond motifs is 2. The quantitative estimate of drug-likeness (QED) is 0.457. The van der Waals surface area contributed by atoms with E-state index in [1.165, 1.54) is 30.5 Å². The molecule has 2 aromatic heterocycles. The lowest BCUT2D eigenvalue weighted by Gasteiger charge is -2.33. The molecule has 5 heterocycles. The Labute approximate surface area is 232 Å². The molecule has 0 unspecified atom stereocenters. The van der Waals surface area contributed by atoms with Crippen molar-refractivity contribution in [2.45, 2.75) is 38.9 Å². The summed E-state index contributed by atoms with van der Waals surface area (Å²) < 4.78 is 2.14. The van der Waals surface area contributed by atoms with Crippen molar-refractivity contribution in [3.63, 3.8) is 0 Å². The van der Waals surface area contributed by atoms with Crippen LogP contribution in [0, 0.1) is 5.41 Å². The van der Waals surface area contributed by atoms with Gasteiger partial charge in [-0.2, -0.15) is 5.10 Å². The van der Waals surface area contributed by atoms with Crippen molar-refractivity contribution in [2.24, 2.45) is 5.41 Å². The summed E-state index contributed by atoms with van der Waals surface area (Å²) >= 11 is 0. The van der Waals surface area contributed by atoms with Gasteiger partial charge < -0.3 is 20.4 Å². The van der Waals surface area contributed by atoms with Gasteiger partial charge in [0.1, 0.15) is 5.82 Å². The predicted octanol–water partition coefficient (Wildman–Crippen LogP) is 2.13. The van der Waals surface area contributed by atoms with Crippen molar-refractivity contribution >= 4 is 34.9 Å². The summed E-state index contributed by atoms with van der Waals surface area (Å²) in [6.07, 6.45) is 5.52. The Balaban J connectivity index is 1.21. The minimum absolute atomic E-state index is 0.110. The molecule has 0 bridgehead atoms. The molecular weight excluding hydrogens is 508 g/mol. The number of likely N-dealkylation sites (N-methyl/N-ethyl adjacent to an activating group) is 1. The zero-order valence-corrected chi connectivity index (χ0v) is 23.0. The molecule has 7 rings (SSSR count). The number of rotatable bonds is 6. The van der Waals surface area contributed by atoms with Gasteiger partial charge in [-0.25, -0.2) is 4.98 Å². The number of aromatic nitrogens is 3. The second-order valence-electron chi connectivity index (χ2n) is 11.8. The van der Waals surface area contributed by atoms with Crippen LogP contribution >= 0.6 is 0 Å². The smallest absolute Gasteiger partial charge is 0.254 e. The number of hydrogen-bond acceptors (Lipinski definition) is 8. The third-order valence-corrected chi connectivity index (χ3v) is 8.61. The summed E-state index contributed by atoms with van der Waals surface area (Å²) in [5.41, 5.74) is 7.63. The fourth-order valence-corrected chi connectivity index (χ4v) is 6.21. The molecular formula is C29H32N8O3. The van der Waals surface area contributed by atoms with Crippen LogP contribution in [-0.4, -0.2) is 76.5 Å². The van der Waals surface area contributed by atoms with Crippen LogP contribution in [0.1, 0.15) is 40.2 Å². The highest BCUT2D eigenvalue weighted by Gasteiger charge is 2.49. The van der Waals surface area contributed by atoms with Crippen molar-refractivity contribution < 1.29 is 14.4 Å². The number of pyridine rings is 1. The number of piperazine rings is 1. The molecule has 3 aromatic rings. The minimum atomic E-state index is -0.243. The molecule has 0 atom stereocenters. The lowest BCUT2D eigenvalue weighted by molar-refractivity contribution is -0.143. The zero-order chi connectivity index (χ0) is 27.8. The topological polar surface area (TPSA) is 116 Å². The van der Waals surface area contributed by atoms with E-state index in [0.29, 0.717) is 35.6 Å². The predicted molar refractivity (Wildman–Crippen MR) is 149 cm³/mol. The summed E-state index contributed by atoms with van der Waals surface area (Å²) in [5.74, 6) is -0.00914. The normalized spacial score (nSPS) is 18.9. The van der Waals surface area contributed by atoms with E-state index in [4.69, 9.17) is 4.98 Å². The first-order chi connectivity index (χ1) is 19.2. The SMILES string of the molecule is CN(C)Cc1nc(Nc2ccc(-c3cnn4c3CC3(CC3)C4)c3c2C(=O)NC3)ccc1N1CC(=O)N(C)C(=O)C1. The zero-order valence-electron chi connectivity index (χ0n) is 23.0. The molecule has 1 aliphatic carbocycles. The Kier molecular flexibility index (Phi) is 5.50. The number of amides is 3. The molecule has 2 N–H and O–H groups in total. The first kappa shape index (κ1) is 24.8. The van der Waals surface area contributed by atoms with Gasteiger partial charge in [0.15, 0.2) is 0 Å². The maximum atomic E-state index is 13.0. The lowest BCUT2D eigenvalue weighted by Crippen LogP contribution is -2.52. The average Bonchev–Trinajstić information content (AvgIpc) is 3.19. The number of carbonyl (C=O) groups is 3. The molecule has 3 aliphatic heterocycles.